The molecule has 0 bridgehead atoms. The van der Waals surface area contributed by atoms with Gasteiger partial charge in [-0.2, -0.15) is 0 Å². The fourth-order valence-electron chi connectivity index (χ4n) is 10.9. The summed E-state index contributed by atoms with van der Waals surface area (Å²) in [5, 5.41) is 7.58. The van der Waals surface area contributed by atoms with E-state index >= 15 is 0 Å². The van der Waals surface area contributed by atoms with E-state index in [1.165, 1.54) is 82.3 Å². The largest absolute Gasteiger partial charge is 0.312 e. The molecule has 2 aliphatic carbocycles. The Kier molecular flexibility index (Phi) is 7.74. The lowest BCUT2D eigenvalue weighted by molar-refractivity contribution is 0.667. The Balaban J connectivity index is 1.08. The Morgan fingerprint density at radius 3 is 1.95 bits per heavy atom. The minimum atomic E-state index is -0.231. The molecule has 3 aromatic heterocycles. The fraction of sp³-hybridized carbons (Fsp3) is 0.0847. The molecule has 4 nitrogen and oxygen atoms in total. The van der Waals surface area contributed by atoms with E-state index in [1.807, 2.05) is 18.2 Å². The van der Waals surface area contributed by atoms with Gasteiger partial charge in [0.05, 0.1) is 33.5 Å². The van der Waals surface area contributed by atoms with E-state index in [0.717, 1.165) is 46.6 Å². The molecule has 4 heteroatoms. The molecule has 0 N–H and O–H groups in total. The summed E-state index contributed by atoms with van der Waals surface area (Å²) in [6.07, 6.45) is 8.87. The predicted molar refractivity (Wildman–Crippen MR) is 263 cm³/mol. The molecule has 298 valence electrons. The molecular weight excluding hydrogens is 765 g/mol. The smallest absolute Gasteiger partial charge is 0.160 e. The minimum Gasteiger partial charge on any atom is -0.312 e. The molecule has 2 aliphatic rings. The third-order valence-corrected chi connectivity index (χ3v) is 13.7. The molecule has 13 rings (SSSR count). The lowest BCUT2D eigenvalue weighted by Crippen LogP contribution is -2.15. The van der Waals surface area contributed by atoms with Gasteiger partial charge in [0.2, 0.25) is 0 Å². The van der Waals surface area contributed by atoms with Crippen LogP contribution in [0.15, 0.2) is 194 Å². The Bertz CT molecular complexity index is 3750. The molecule has 0 fully saturated rings. The van der Waals surface area contributed by atoms with Crippen molar-refractivity contribution in [2.75, 3.05) is 0 Å². The van der Waals surface area contributed by atoms with Gasteiger partial charge in [-0.25, -0.2) is 9.97 Å². The SMILES string of the molecule is CC1(C)c2ccccc2-c2c1c1c3ccccc3n(-c3ccc(-c4cc(-c5ccc6ccccc6c5)nc(-c5ccccc5)n4)cc3)c1c1c3ccccc3n(C3=CC=CCC3)c21. The van der Waals surface area contributed by atoms with E-state index in [-0.39, 0.29) is 5.41 Å². The van der Waals surface area contributed by atoms with Gasteiger partial charge < -0.3 is 9.13 Å². The van der Waals surface area contributed by atoms with Gasteiger partial charge in [-0.05, 0) is 82.8 Å². The summed E-state index contributed by atoms with van der Waals surface area (Å²) in [4.78, 5) is 10.4. The summed E-state index contributed by atoms with van der Waals surface area (Å²) in [5.41, 5.74) is 17.6. The number of nitrogens with zero attached hydrogens (tertiary/aromatic N) is 4. The molecule has 11 aromatic rings. The molecule has 0 atom stereocenters. The highest BCUT2D eigenvalue weighted by Gasteiger charge is 2.41. The van der Waals surface area contributed by atoms with Crippen LogP contribution in [0.25, 0.3) is 111 Å². The highest BCUT2D eigenvalue weighted by molar-refractivity contribution is 6.32. The lowest BCUT2D eigenvalue weighted by Gasteiger charge is -2.23. The normalized spacial score (nSPS) is 14.2. The molecule has 0 amide bonds. The number of rotatable bonds is 5. The molecule has 3 heterocycles. The molecular formula is C59H42N4. The van der Waals surface area contributed by atoms with Crippen LogP contribution in [-0.2, 0) is 5.41 Å². The van der Waals surface area contributed by atoms with Gasteiger partial charge in [0.1, 0.15) is 0 Å². The van der Waals surface area contributed by atoms with Crippen LogP contribution < -0.4 is 0 Å². The molecule has 0 radical (unpaired) electrons. The summed E-state index contributed by atoms with van der Waals surface area (Å²) in [6, 6.07) is 63.8. The summed E-state index contributed by atoms with van der Waals surface area (Å²) in [6.45, 7) is 4.86. The van der Waals surface area contributed by atoms with Crippen molar-refractivity contribution in [2.24, 2.45) is 0 Å². The second-order valence-electron chi connectivity index (χ2n) is 17.6. The van der Waals surface area contributed by atoms with Crippen LogP contribution in [0.1, 0.15) is 37.8 Å². The second kappa shape index (κ2) is 13.6. The highest BCUT2D eigenvalue weighted by Crippen LogP contribution is 2.58. The topological polar surface area (TPSA) is 35.6 Å². The zero-order valence-electron chi connectivity index (χ0n) is 35.2. The van der Waals surface area contributed by atoms with Crippen LogP contribution in [0.3, 0.4) is 0 Å². The number of benzene rings is 8. The molecule has 0 saturated carbocycles. The molecule has 0 aliphatic heterocycles. The number of allylic oxidation sites excluding steroid dienone is 4. The van der Waals surface area contributed by atoms with Gasteiger partial charge in [-0.1, -0.05) is 166 Å². The van der Waals surface area contributed by atoms with Gasteiger partial charge in [0, 0.05) is 60.6 Å². The molecule has 63 heavy (non-hydrogen) atoms. The van der Waals surface area contributed by atoms with Gasteiger partial charge in [0.25, 0.3) is 0 Å². The molecule has 0 unspecified atom stereocenters. The van der Waals surface area contributed by atoms with E-state index < -0.39 is 0 Å². The van der Waals surface area contributed by atoms with E-state index in [9.17, 15) is 0 Å². The van der Waals surface area contributed by atoms with Gasteiger partial charge in [0.15, 0.2) is 5.82 Å². The van der Waals surface area contributed by atoms with Gasteiger partial charge in [-0.15, -0.1) is 0 Å². The number of para-hydroxylation sites is 2. The first-order valence-electron chi connectivity index (χ1n) is 22.1. The van der Waals surface area contributed by atoms with Gasteiger partial charge in [-0.3, -0.25) is 0 Å². The van der Waals surface area contributed by atoms with Crippen molar-refractivity contribution in [3.05, 3.63) is 205 Å². The van der Waals surface area contributed by atoms with Crippen LogP contribution in [0, 0.1) is 0 Å². The Labute approximate surface area is 365 Å². The van der Waals surface area contributed by atoms with E-state index in [0.29, 0.717) is 5.82 Å². The molecule has 0 spiro atoms. The van der Waals surface area contributed by atoms with Crippen LogP contribution >= 0.6 is 0 Å². The van der Waals surface area contributed by atoms with Crippen LogP contribution in [0.2, 0.25) is 0 Å². The zero-order valence-corrected chi connectivity index (χ0v) is 35.2. The Morgan fingerprint density at radius 2 is 1.17 bits per heavy atom. The van der Waals surface area contributed by atoms with Crippen molar-refractivity contribution >= 4 is 60.1 Å². The first-order chi connectivity index (χ1) is 31.0. The van der Waals surface area contributed by atoms with E-state index in [2.05, 4.69) is 199 Å². The third kappa shape index (κ3) is 5.28. The lowest BCUT2D eigenvalue weighted by atomic mass is 9.80. The highest BCUT2D eigenvalue weighted by atomic mass is 15.0. The second-order valence-corrected chi connectivity index (χ2v) is 17.6. The third-order valence-electron chi connectivity index (χ3n) is 13.7. The number of aromatic nitrogens is 4. The first-order valence-corrected chi connectivity index (χ1v) is 22.1. The van der Waals surface area contributed by atoms with Crippen molar-refractivity contribution in [1.82, 2.24) is 19.1 Å². The number of hydrogen-bond acceptors (Lipinski definition) is 2. The van der Waals surface area contributed by atoms with Crippen LogP contribution in [0.5, 0.6) is 0 Å². The monoisotopic (exact) mass is 806 g/mol. The Hall–Kier alpha value is -7.82. The Morgan fingerprint density at radius 1 is 0.524 bits per heavy atom. The first kappa shape index (κ1) is 35.9. The average molecular weight is 807 g/mol. The van der Waals surface area contributed by atoms with Crippen molar-refractivity contribution < 1.29 is 0 Å². The quantitative estimate of drug-likeness (QED) is 0.174. The maximum Gasteiger partial charge on any atom is 0.160 e. The number of fused-ring (bicyclic) bond motifs is 13. The standard InChI is InChI=1S/C59H42N4/c1-59(2)47-26-14-11-23-44(47)52-55(59)53-45-24-12-15-27-50(45)63(57(53)54-46-25-13-16-28-51(46)62(56(52)54)42-21-7-4-8-22-42)43-33-31-38(32-34-43)48-36-49(61-58(60-48)39-18-5-3-6-19-39)41-30-29-37-17-9-10-20-40(37)35-41/h3-7,9-21,23-36H,8,22H2,1-2H3. The van der Waals surface area contributed by atoms with E-state index in [4.69, 9.17) is 9.97 Å². The van der Waals surface area contributed by atoms with Crippen LogP contribution in [0.4, 0.5) is 0 Å². The summed E-state index contributed by atoms with van der Waals surface area (Å²) >= 11 is 0. The predicted octanol–water partition coefficient (Wildman–Crippen LogP) is 15.3. The molecule has 0 saturated heterocycles. The fourth-order valence-corrected chi connectivity index (χ4v) is 10.9. The van der Waals surface area contributed by atoms with Crippen LogP contribution in [-0.4, -0.2) is 19.1 Å². The van der Waals surface area contributed by atoms with Gasteiger partial charge >= 0.3 is 0 Å². The maximum absolute atomic E-state index is 5.22. The summed E-state index contributed by atoms with van der Waals surface area (Å²) < 4.78 is 5.14. The van der Waals surface area contributed by atoms with Crippen molar-refractivity contribution in [1.29, 1.82) is 0 Å². The summed E-state index contributed by atoms with van der Waals surface area (Å²) in [5.74, 6) is 0.711. The van der Waals surface area contributed by atoms with E-state index in [1.54, 1.807) is 0 Å². The molecule has 8 aromatic carbocycles. The minimum absolute atomic E-state index is 0.231. The zero-order chi connectivity index (χ0) is 41.8. The maximum atomic E-state index is 5.22. The average Bonchev–Trinajstić information content (AvgIpc) is 3.95. The summed E-state index contributed by atoms with van der Waals surface area (Å²) in [7, 11) is 0. The van der Waals surface area contributed by atoms with Crippen molar-refractivity contribution in [2.45, 2.75) is 32.1 Å². The van der Waals surface area contributed by atoms with Crippen molar-refractivity contribution in [3.63, 3.8) is 0 Å². The number of hydrogen-bond donors (Lipinski definition) is 0. The van der Waals surface area contributed by atoms with Crippen molar-refractivity contribution in [3.8, 4) is 50.7 Å².